The number of phenols is 1. The molecule has 0 saturated carbocycles. The molecule has 2 N–H and O–H groups in total. The number of hydrogen-bond donors (Lipinski definition) is 2. The number of hydrogen-bond acceptors (Lipinski definition) is 3. The van der Waals surface area contributed by atoms with Crippen molar-refractivity contribution in [3.8, 4) is 11.5 Å². The molecule has 2 rings (SSSR count). The minimum absolute atomic E-state index is 0.0646. The Hall–Kier alpha value is -2.49. The molecule has 1 unspecified atom stereocenters. The van der Waals surface area contributed by atoms with Crippen LogP contribution in [0.1, 0.15) is 34.5 Å². The summed E-state index contributed by atoms with van der Waals surface area (Å²) in [5.41, 5.74) is 2.36. The van der Waals surface area contributed by atoms with Gasteiger partial charge < -0.3 is 15.2 Å². The van der Waals surface area contributed by atoms with Gasteiger partial charge in [-0.25, -0.2) is 0 Å². The lowest BCUT2D eigenvalue weighted by atomic mass is 10.0. The molecule has 2 aromatic rings. The van der Waals surface area contributed by atoms with Crippen LogP contribution in [0.2, 0.25) is 0 Å². The van der Waals surface area contributed by atoms with E-state index in [-0.39, 0.29) is 23.3 Å². The third-order valence-electron chi connectivity index (χ3n) is 3.45. The van der Waals surface area contributed by atoms with E-state index in [4.69, 9.17) is 4.74 Å². The molecule has 4 heteroatoms. The fourth-order valence-corrected chi connectivity index (χ4v) is 2.25. The minimum Gasteiger partial charge on any atom is -0.507 e. The number of carbonyl (C=O) groups is 1. The molecule has 1 amide bonds. The second kappa shape index (κ2) is 6.31. The molecular formula is C17H19NO3. The van der Waals surface area contributed by atoms with E-state index in [0.29, 0.717) is 5.75 Å². The molecule has 4 nitrogen and oxygen atoms in total. The predicted molar refractivity (Wildman–Crippen MR) is 81.7 cm³/mol. The molecular weight excluding hydrogens is 266 g/mol. The minimum atomic E-state index is -0.331. The summed E-state index contributed by atoms with van der Waals surface area (Å²) >= 11 is 0. The molecule has 0 spiro atoms. The fraction of sp³-hybridized carbons (Fsp3) is 0.235. The average Bonchev–Trinajstić information content (AvgIpc) is 2.48. The maximum absolute atomic E-state index is 12.3. The number of aromatic hydroxyl groups is 1. The lowest BCUT2D eigenvalue weighted by Crippen LogP contribution is -2.27. The van der Waals surface area contributed by atoms with Crippen LogP contribution in [-0.2, 0) is 0 Å². The first kappa shape index (κ1) is 14.9. The Morgan fingerprint density at radius 3 is 2.62 bits per heavy atom. The van der Waals surface area contributed by atoms with Gasteiger partial charge in [0.15, 0.2) is 0 Å². The lowest BCUT2D eigenvalue weighted by molar-refractivity contribution is 0.0937. The van der Waals surface area contributed by atoms with E-state index in [2.05, 4.69) is 5.32 Å². The molecule has 0 fully saturated rings. The van der Waals surface area contributed by atoms with E-state index in [0.717, 1.165) is 11.1 Å². The van der Waals surface area contributed by atoms with Crippen molar-refractivity contribution in [3.05, 3.63) is 59.2 Å². The summed E-state index contributed by atoms with van der Waals surface area (Å²) < 4.78 is 5.08. The van der Waals surface area contributed by atoms with Crippen LogP contribution < -0.4 is 10.1 Å². The van der Waals surface area contributed by atoms with E-state index in [9.17, 15) is 9.90 Å². The second-order valence-electron chi connectivity index (χ2n) is 4.93. The highest BCUT2D eigenvalue weighted by Gasteiger charge is 2.16. The van der Waals surface area contributed by atoms with Gasteiger partial charge in [0.1, 0.15) is 11.5 Å². The van der Waals surface area contributed by atoms with Crippen molar-refractivity contribution in [2.75, 3.05) is 7.11 Å². The molecule has 0 radical (unpaired) electrons. The van der Waals surface area contributed by atoms with Gasteiger partial charge in [-0.1, -0.05) is 24.3 Å². The van der Waals surface area contributed by atoms with E-state index < -0.39 is 0 Å². The SMILES string of the molecule is COc1ccc(O)c(C(=O)NC(C)c2ccccc2C)c1. The maximum atomic E-state index is 12.3. The quantitative estimate of drug-likeness (QED) is 0.907. The topological polar surface area (TPSA) is 58.6 Å². The zero-order chi connectivity index (χ0) is 15.4. The molecule has 0 aliphatic heterocycles. The van der Waals surface area contributed by atoms with Gasteiger partial charge in [-0.3, -0.25) is 4.79 Å². The second-order valence-corrected chi connectivity index (χ2v) is 4.93. The first-order valence-electron chi connectivity index (χ1n) is 6.76. The van der Waals surface area contributed by atoms with Crippen LogP contribution in [0, 0.1) is 6.92 Å². The number of amides is 1. The van der Waals surface area contributed by atoms with Crippen molar-refractivity contribution < 1.29 is 14.6 Å². The highest BCUT2D eigenvalue weighted by atomic mass is 16.5. The summed E-state index contributed by atoms with van der Waals surface area (Å²) in [6, 6.07) is 12.3. The van der Waals surface area contributed by atoms with Crippen molar-refractivity contribution in [1.29, 1.82) is 0 Å². The first-order valence-corrected chi connectivity index (χ1v) is 6.76. The first-order chi connectivity index (χ1) is 10.0. The van der Waals surface area contributed by atoms with Crippen LogP contribution in [0.15, 0.2) is 42.5 Å². The Bertz CT molecular complexity index is 652. The van der Waals surface area contributed by atoms with Crippen LogP contribution in [0.3, 0.4) is 0 Å². The Morgan fingerprint density at radius 2 is 1.95 bits per heavy atom. The summed E-state index contributed by atoms with van der Waals surface area (Å²) in [7, 11) is 1.52. The van der Waals surface area contributed by atoms with Crippen LogP contribution in [0.25, 0.3) is 0 Å². The number of carbonyl (C=O) groups excluding carboxylic acids is 1. The lowest BCUT2D eigenvalue weighted by Gasteiger charge is -2.17. The number of nitrogens with one attached hydrogen (secondary N) is 1. The molecule has 1 atom stereocenters. The summed E-state index contributed by atoms with van der Waals surface area (Å²) in [6.45, 7) is 3.92. The smallest absolute Gasteiger partial charge is 0.255 e. The van der Waals surface area contributed by atoms with E-state index in [1.54, 1.807) is 6.07 Å². The molecule has 2 aromatic carbocycles. The summed E-state index contributed by atoms with van der Waals surface area (Å²) in [6.07, 6.45) is 0. The van der Waals surface area contributed by atoms with Crippen LogP contribution >= 0.6 is 0 Å². The van der Waals surface area contributed by atoms with E-state index >= 15 is 0 Å². The maximum Gasteiger partial charge on any atom is 0.255 e. The van der Waals surface area contributed by atoms with Crippen LogP contribution in [-0.4, -0.2) is 18.1 Å². The van der Waals surface area contributed by atoms with Crippen molar-refractivity contribution in [1.82, 2.24) is 5.32 Å². The van der Waals surface area contributed by atoms with Crippen LogP contribution in [0.4, 0.5) is 0 Å². The molecule has 21 heavy (non-hydrogen) atoms. The summed E-state index contributed by atoms with van der Waals surface area (Å²) in [5, 5.41) is 12.7. The van der Waals surface area contributed by atoms with Gasteiger partial charge in [-0.15, -0.1) is 0 Å². The van der Waals surface area contributed by atoms with E-state index in [1.165, 1.54) is 19.2 Å². The van der Waals surface area contributed by atoms with Gasteiger partial charge >= 0.3 is 0 Å². The highest BCUT2D eigenvalue weighted by Crippen LogP contribution is 2.24. The van der Waals surface area contributed by atoms with Gasteiger partial charge in [0.05, 0.1) is 18.7 Å². The predicted octanol–water partition coefficient (Wildman–Crippen LogP) is 3.20. The largest absolute Gasteiger partial charge is 0.507 e. The van der Waals surface area contributed by atoms with Crippen molar-refractivity contribution in [2.24, 2.45) is 0 Å². The number of aryl methyl sites for hydroxylation is 1. The normalized spacial score (nSPS) is 11.8. The van der Waals surface area contributed by atoms with E-state index in [1.807, 2.05) is 38.1 Å². The molecule has 0 bridgehead atoms. The third kappa shape index (κ3) is 3.34. The van der Waals surface area contributed by atoms with Crippen molar-refractivity contribution in [3.63, 3.8) is 0 Å². The standard InChI is InChI=1S/C17H19NO3/c1-11-6-4-5-7-14(11)12(2)18-17(20)15-10-13(21-3)8-9-16(15)19/h4-10,12,19H,1-3H3,(H,18,20). The third-order valence-corrected chi connectivity index (χ3v) is 3.45. The monoisotopic (exact) mass is 285 g/mol. The van der Waals surface area contributed by atoms with Crippen molar-refractivity contribution >= 4 is 5.91 Å². The molecule has 0 saturated heterocycles. The highest BCUT2D eigenvalue weighted by molar-refractivity contribution is 5.97. The number of phenolic OH excluding ortho intramolecular Hbond substituents is 1. The number of ether oxygens (including phenoxy) is 1. The van der Waals surface area contributed by atoms with Gasteiger partial charge in [0.2, 0.25) is 0 Å². The fourth-order valence-electron chi connectivity index (χ4n) is 2.25. The van der Waals surface area contributed by atoms with Crippen LogP contribution in [0.5, 0.6) is 11.5 Å². The molecule has 0 heterocycles. The Morgan fingerprint density at radius 1 is 1.24 bits per heavy atom. The summed E-state index contributed by atoms with van der Waals surface area (Å²) in [5.74, 6) is 0.133. The molecule has 110 valence electrons. The average molecular weight is 285 g/mol. The number of benzene rings is 2. The van der Waals surface area contributed by atoms with Gasteiger partial charge in [-0.05, 0) is 43.2 Å². The Balaban J connectivity index is 2.20. The zero-order valence-corrected chi connectivity index (χ0v) is 12.4. The Kier molecular flexibility index (Phi) is 4.48. The molecule has 0 aromatic heterocycles. The zero-order valence-electron chi connectivity index (χ0n) is 12.4. The molecule has 0 aliphatic carbocycles. The number of methoxy groups -OCH3 is 1. The van der Waals surface area contributed by atoms with Gasteiger partial charge in [0, 0.05) is 0 Å². The summed E-state index contributed by atoms with van der Waals surface area (Å²) in [4.78, 5) is 12.3. The molecule has 0 aliphatic rings. The van der Waals surface area contributed by atoms with Gasteiger partial charge in [-0.2, -0.15) is 0 Å². The van der Waals surface area contributed by atoms with Crippen molar-refractivity contribution in [2.45, 2.75) is 19.9 Å². The Labute approximate surface area is 124 Å². The van der Waals surface area contributed by atoms with Gasteiger partial charge in [0.25, 0.3) is 5.91 Å². The number of rotatable bonds is 4.